The fourth-order valence-corrected chi connectivity index (χ4v) is 3.30. The third-order valence-corrected chi connectivity index (χ3v) is 4.75. The number of hydrogen-bond acceptors (Lipinski definition) is 3. The average Bonchev–Trinajstić information content (AvgIpc) is 2.70. The van der Waals surface area contributed by atoms with Crippen LogP contribution in [0.1, 0.15) is 15.9 Å². The average molecular weight is 408 g/mol. The van der Waals surface area contributed by atoms with Gasteiger partial charge in [0.25, 0.3) is 11.5 Å². The zero-order valence-corrected chi connectivity index (χ0v) is 16.1. The molecule has 4 aromatic rings. The van der Waals surface area contributed by atoms with E-state index in [1.807, 2.05) is 25.1 Å². The molecule has 0 atom stereocenters. The molecule has 0 unspecified atom stereocenters. The van der Waals surface area contributed by atoms with E-state index < -0.39 is 17.3 Å². The number of rotatable bonds is 3. The molecule has 29 heavy (non-hydrogen) atoms. The molecule has 0 spiro atoms. The number of amides is 1. The Labute approximate surface area is 170 Å². The zero-order valence-electron chi connectivity index (χ0n) is 15.3. The summed E-state index contributed by atoms with van der Waals surface area (Å²) in [5.41, 5.74) is 4.33. The molecule has 5 nitrogen and oxygen atoms in total. The topological polar surface area (TPSA) is 64.0 Å². The normalized spacial score (nSPS) is 10.9. The smallest absolute Gasteiger partial charge is 0.267 e. The number of aromatic nitrogens is 2. The van der Waals surface area contributed by atoms with Gasteiger partial charge in [0.05, 0.1) is 21.5 Å². The number of para-hydroxylation sites is 1. The van der Waals surface area contributed by atoms with Gasteiger partial charge in [0, 0.05) is 5.56 Å². The summed E-state index contributed by atoms with van der Waals surface area (Å²) < 4.78 is 14.4. The molecule has 0 aliphatic heterocycles. The van der Waals surface area contributed by atoms with Gasteiger partial charge >= 0.3 is 0 Å². The van der Waals surface area contributed by atoms with Crippen molar-refractivity contribution < 1.29 is 9.18 Å². The lowest BCUT2D eigenvalue weighted by Crippen LogP contribution is -2.35. The molecule has 0 aliphatic rings. The number of nitrogens with one attached hydrogen (secondary N) is 1. The van der Waals surface area contributed by atoms with E-state index in [2.05, 4.69) is 10.4 Å². The van der Waals surface area contributed by atoms with E-state index in [1.54, 1.807) is 30.3 Å². The van der Waals surface area contributed by atoms with Crippen molar-refractivity contribution in [3.8, 4) is 11.4 Å². The largest absolute Gasteiger partial charge is 0.280 e. The molecule has 0 bridgehead atoms. The Bertz CT molecular complexity index is 1320. The maximum absolute atomic E-state index is 13.3. The molecular weight excluding hydrogens is 393 g/mol. The lowest BCUT2D eigenvalue weighted by Gasteiger charge is -2.15. The molecule has 1 aromatic heterocycles. The predicted octanol–water partition coefficient (Wildman–Crippen LogP) is 4.55. The van der Waals surface area contributed by atoms with Gasteiger partial charge in [-0.15, -0.1) is 0 Å². The highest BCUT2D eigenvalue weighted by atomic mass is 35.5. The SMILES string of the molecule is Cc1cccc(-c2nc3ccccc3c(=O)n2NC(=O)c2ccc(F)cc2Cl)c1. The molecule has 0 saturated carbocycles. The highest BCUT2D eigenvalue weighted by Crippen LogP contribution is 2.21. The van der Waals surface area contributed by atoms with Crippen LogP contribution in [0.15, 0.2) is 71.5 Å². The van der Waals surface area contributed by atoms with Crippen molar-refractivity contribution in [2.75, 3.05) is 5.43 Å². The lowest BCUT2D eigenvalue weighted by atomic mass is 10.1. The van der Waals surface area contributed by atoms with Crippen molar-refractivity contribution >= 4 is 28.4 Å². The number of halogens is 2. The first-order valence-electron chi connectivity index (χ1n) is 8.79. The molecule has 0 saturated heterocycles. The third-order valence-electron chi connectivity index (χ3n) is 4.44. The molecular formula is C22H15ClFN3O2. The summed E-state index contributed by atoms with van der Waals surface area (Å²) in [7, 11) is 0. The standard InChI is InChI=1S/C22H15ClFN3O2/c1-13-5-4-6-14(11-13)20-25-19-8-3-2-7-17(19)22(29)27(20)26-21(28)16-10-9-15(24)12-18(16)23/h2-12H,1H3,(H,26,28). The maximum Gasteiger partial charge on any atom is 0.280 e. The number of benzene rings is 3. The van der Waals surface area contributed by atoms with Crippen molar-refractivity contribution in [2.45, 2.75) is 6.92 Å². The number of aryl methyl sites for hydroxylation is 1. The quantitative estimate of drug-likeness (QED) is 0.542. The van der Waals surface area contributed by atoms with Crippen molar-refractivity contribution in [1.29, 1.82) is 0 Å². The van der Waals surface area contributed by atoms with E-state index in [0.29, 0.717) is 16.5 Å². The molecule has 0 fully saturated rings. The fraction of sp³-hybridized carbons (Fsp3) is 0.0455. The van der Waals surface area contributed by atoms with E-state index in [-0.39, 0.29) is 16.4 Å². The molecule has 1 heterocycles. The number of fused-ring (bicyclic) bond motifs is 1. The van der Waals surface area contributed by atoms with Crippen LogP contribution in [0.5, 0.6) is 0 Å². The molecule has 3 aromatic carbocycles. The number of nitrogens with zero attached hydrogens (tertiary/aromatic N) is 2. The minimum Gasteiger partial charge on any atom is -0.267 e. The predicted molar refractivity (Wildman–Crippen MR) is 111 cm³/mol. The molecule has 0 aliphatic carbocycles. The number of hydrogen-bond donors (Lipinski definition) is 1. The summed E-state index contributed by atoms with van der Waals surface area (Å²) >= 11 is 6.00. The second-order valence-electron chi connectivity index (χ2n) is 6.53. The highest BCUT2D eigenvalue weighted by molar-refractivity contribution is 6.34. The summed E-state index contributed by atoms with van der Waals surface area (Å²) in [5, 5.41) is 0.302. The van der Waals surface area contributed by atoms with Gasteiger partial charge in [-0.2, -0.15) is 4.68 Å². The summed E-state index contributed by atoms with van der Waals surface area (Å²) in [5.74, 6) is -0.927. The highest BCUT2D eigenvalue weighted by Gasteiger charge is 2.17. The van der Waals surface area contributed by atoms with Crippen LogP contribution in [0.3, 0.4) is 0 Å². The van der Waals surface area contributed by atoms with Gasteiger partial charge in [-0.1, -0.05) is 47.5 Å². The fourth-order valence-electron chi connectivity index (χ4n) is 3.05. The second kappa shape index (κ2) is 7.48. The lowest BCUT2D eigenvalue weighted by molar-refractivity contribution is 0.101. The van der Waals surface area contributed by atoms with Crippen molar-refractivity contribution in [3.05, 3.63) is 99.1 Å². The van der Waals surface area contributed by atoms with Crippen LogP contribution in [0.2, 0.25) is 5.02 Å². The van der Waals surface area contributed by atoms with E-state index in [1.165, 1.54) is 6.07 Å². The Balaban J connectivity index is 1.90. The van der Waals surface area contributed by atoms with E-state index in [9.17, 15) is 14.0 Å². The van der Waals surface area contributed by atoms with Crippen LogP contribution in [0.4, 0.5) is 4.39 Å². The van der Waals surface area contributed by atoms with Gasteiger partial charge in [0.2, 0.25) is 0 Å². The molecule has 4 rings (SSSR count). The Morgan fingerprint density at radius 2 is 1.86 bits per heavy atom. The summed E-state index contributed by atoms with van der Waals surface area (Å²) in [4.78, 5) is 30.5. The van der Waals surface area contributed by atoms with Gasteiger partial charge in [0.1, 0.15) is 5.82 Å². The van der Waals surface area contributed by atoms with Crippen molar-refractivity contribution in [3.63, 3.8) is 0 Å². The van der Waals surface area contributed by atoms with E-state index in [0.717, 1.165) is 22.4 Å². The zero-order chi connectivity index (χ0) is 20.5. The van der Waals surface area contributed by atoms with Crippen LogP contribution in [-0.2, 0) is 0 Å². The summed E-state index contributed by atoms with van der Waals surface area (Å²) in [6.45, 7) is 1.92. The van der Waals surface area contributed by atoms with Gasteiger partial charge in [-0.25, -0.2) is 9.37 Å². The molecule has 1 N–H and O–H groups in total. The second-order valence-corrected chi connectivity index (χ2v) is 6.93. The van der Waals surface area contributed by atoms with Crippen LogP contribution in [0.25, 0.3) is 22.3 Å². The Morgan fingerprint density at radius 3 is 2.62 bits per heavy atom. The van der Waals surface area contributed by atoms with Crippen LogP contribution < -0.4 is 11.0 Å². The van der Waals surface area contributed by atoms with E-state index >= 15 is 0 Å². The Kier molecular flexibility index (Phi) is 4.86. The maximum atomic E-state index is 13.3. The van der Waals surface area contributed by atoms with Gasteiger partial charge < -0.3 is 0 Å². The van der Waals surface area contributed by atoms with Crippen LogP contribution in [0, 0.1) is 12.7 Å². The van der Waals surface area contributed by atoms with E-state index in [4.69, 9.17) is 11.6 Å². The first-order chi connectivity index (χ1) is 13.9. The Morgan fingerprint density at radius 1 is 1.07 bits per heavy atom. The summed E-state index contributed by atoms with van der Waals surface area (Å²) in [6, 6.07) is 17.7. The first-order valence-corrected chi connectivity index (χ1v) is 9.17. The third kappa shape index (κ3) is 3.62. The van der Waals surface area contributed by atoms with Crippen molar-refractivity contribution in [2.24, 2.45) is 0 Å². The molecule has 0 radical (unpaired) electrons. The molecule has 1 amide bonds. The minimum atomic E-state index is -0.650. The van der Waals surface area contributed by atoms with Gasteiger partial charge in [0.15, 0.2) is 5.82 Å². The number of carbonyl (C=O) groups excluding carboxylic acids is 1. The Hall–Kier alpha value is -3.51. The molecule has 144 valence electrons. The van der Waals surface area contributed by atoms with Gasteiger partial charge in [-0.3, -0.25) is 15.0 Å². The van der Waals surface area contributed by atoms with Crippen molar-refractivity contribution in [1.82, 2.24) is 9.66 Å². The monoisotopic (exact) mass is 407 g/mol. The van der Waals surface area contributed by atoms with Crippen LogP contribution >= 0.6 is 11.6 Å². The number of carbonyl (C=O) groups is 1. The summed E-state index contributed by atoms with van der Waals surface area (Å²) in [6.07, 6.45) is 0. The van der Waals surface area contributed by atoms with Gasteiger partial charge in [-0.05, 0) is 43.3 Å². The minimum absolute atomic E-state index is 0.0447. The first kappa shape index (κ1) is 18.8. The molecule has 7 heteroatoms. The van der Waals surface area contributed by atoms with Crippen LogP contribution in [-0.4, -0.2) is 15.6 Å².